The summed E-state index contributed by atoms with van der Waals surface area (Å²) in [4.78, 5) is 13.0. The first kappa shape index (κ1) is 18.9. The fraction of sp³-hybridized carbons (Fsp3) is 0.722. The van der Waals surface area contributed by atoms with Gasteiger partial charge in [0.2, 0.25) is 0 Å². The highest BCUT2D eigenvalue weighted by molar-refractivity contribution is 14.1. The third-order valence-corrected chi connectivity index (χ3v) is 5.75. The fourth-order valence-corrected chi connectivity index (χ4v) is 4.05. The summed E-state index contributed by atoms with van der Waals surface area (Å²) >= 11 is 2.33. The van der Waals surface area contributed by atoms with Crippen LogP contribution in [-0.4, -0.2) is 23.4 Å². The van der Waals surface area contributed by atoms with Crippen molar-refractivity contribution < 1.29 is 9.53 Å². The molecule has 3 heteroatoms. The number of carbonyl (C=O) groups is 1. The van der Waals surface area contributed by atoms with Gasteiger partial charge in [0, 0.05) is 7.11 Å². The average Bonchev–Trinajstić information content (AvgIpc) is 2.75. The molecular formula is C18H29IO2. The second-order valence-corrected chi connectivity index (χ2v) is 7.58. The SMILES string of the molecule is CCCCCCCC(I)C(=O)C1(COC)C(C)=CC=C1C. The highest BCUT2D eigenvalue weighted by atomic mass is 127. The number of carbonyl (C=O) groups excluding carboxylic acids is 1. The van der Waals surface area contributed by atoms with Crippen molar-refractivity contribution in [3.05, 3.63) is 23.3 Å². The first-order valence-corrected chi connectivity index (χ1v) is 9.28. The third-order valence-electron chi connectivity index (χ3n) is 4.56. The van der Waals surface area contributed by atoms with E-state index in [-0.39, 0.29) is 3.92 Å². The maximum atomic E-state index is 13.0. The van der Waals surface area contributed by atoms with Crippen molar-refractivity contribution in [1.29, 1.82) is 0 Å². The maximum absolute atomic E-state index is 13.0. The predicted octanol–water partition coefficient (Wildman–Crippen LogP) is 5.26. The molecule has 0 heterocycles. The molecule has 0 aromatic rings. The minimum Gasteiger partial charge on any atom is -0.383 e. The van der Waals surface area contributed by atoms with Gasteiger partial charge in [0.05, 0.1) is 15.9 Å². The van der Waals surface area contributed by atoms with Gasteiger partial charge < -0.3 is 4.74 Å². The topological polar surface area (TPSA) is 26.3 Å². The van der Waals surface area contributed by atoms with Crippen molar-refractivity contribution in [3.8, 4) is 0 Å². The van der Waals surface area contributed by atoms with Crippen LogP contribution in [0, 0.1) is 5.41 Å². The van der Waals surface area contributed by atoms with Crippen LogP contribution in [0.1, 0.15) is 59.3 Å². The molecule has 1 atom stereocenters. The van der Waals surface area contributed by atoms with E-state index in [9.17, 15) is 4.79 Å². The third kappa shape index (κ3) is 4.41. The molecule has 1 unspecified atom stereocenters. The lowest BCUT2D eigenvalue weighted by atomic mass is 9.73. The standard InChI is InChI=1S/C18H29IO2/c1-5-6-7-8-9-10-16(19)17(20)18(13-21-4)14(2)11-12-15(18)3/h11-12,16H,5-10,13H2,1-4H3. The molecule has 0 aromatic carbocycles. The Bertz CT molecular complexity index is 391. The van der Waals surface area contributed by atoms with Crippen molar-refractivity contribution in [2.75, 3.05) is 13.7 Å². The second-order valence-electron chi connectivity index (χ2n) is 6.07. The van der Waals surface area contributed by atoms with Crippen molar-refractivity contribution in [1.82, 2.24) is 0 Å². The quantitative estimate of drug-likeness (QED) is 0.282. The Kier molecular flexibility index (Phi) is 8.17. The molecule has 0 radical (unpaired) electrons. The van der Waals surface area contributed by atoms with E-state index in [0.29, 0.717) is 12.4 Å². The van der Waals surface area contributed by atoms with Crippen molar-refractivity contribution in [2.45, 2.75) is 63.2 Å². The molecule has 21 heavy (non-hydrogen) atoms. The van der Waals surface area contributed by atoms with E-state index in [1.807, 2.05) is 0 Å². The van der Waals surface area contributed by atoms with Crippen LogP contribution < -0.4 is 0 Å². The Hall–Kier alpha value is -0.160. The summed E-state index contributed by atoms with van der Waals surface area (Å²) < 4.78 is 5.47. The predicted molar refractivity (Wildman–Crippen MR) is 98.0 cm³/mol. The number of alkyl halides is 1. The Morgan fingerprint density at radius 2 is 1.76 bits per heavy atom. The molecule has 0 fully saturated rings. The molecule has 0 amide bonds. The second kappa shape index (κ2) is 9.09. The lowest BCUT2D eigenvalue weighted by Gasteiger charge is -2.33. The number of allylic oxidation sites excluding steroid dienone is 2. The molecule has 0 spiro atoms. The summed E-state index contributed by atoms with van der Waals surface area (Å²) in [6, 6.07) is 0. The molecule has 0 saturated carbocycles. The van der Waals surface area contributed by atoms with Crippen LogP contribution in [0.2, 0.25) is 0 Å². The summed E-state index contributed by atoms with van der Waals surface area (Å²) in [5.41, 5.74) is 1.74. The number of Topliss-reactive ketones (excluding diaryl/α,β-unsaturated/α-hetero) is 1. The number of halogens is 1. The van der Waals surface area contributed by atoms with Crippen LogP contribution in [0.5, 0.6) is 0 Å². The van der Waals surface area contributed by atoms with Crippen molar-refractivity contribution in [2.24, 2.45) is 5.41 Å². The maximum Gasteiger partial charge on any atom is 0.162 e. The first-order valence-electron chi connectivity index (χ1n) is 8.04. The van der Waals surface area contributed by atoms with Crippen molar-refractivity contribution in [3.63, 3.8) is 0 Å². The van der Waals surface area contributed by atoms with E-state index >= 15 is 0 Å². The molecule has 120 valence electrons. The lowest BCUT2D eigenvalue weighted by molar-refractivity contribution is -0.126. The number of ketones is 1. The number of unbranched alkanes of at least 4 members (excludes halogenated alkanes) is 4. The molecule has 2 nitrogen and oxygen atoms in total. The van der Waals surface area contributed by atoms with Gasteiger partial charge in [0.1, 0.15) is 0 Å². The summed E-state index contributed by atoms with van der Waals surface area (Å²) in [5, 5.41) is 0. The Labute approximate surface area is 143 Å². The molecule has 0 N–H and O–H groups in total. The summed E-state index contributed by atoms with van der Waals surface area (Å²) in [6.45, 7) is 6.79. The number of methoxy groups -OCH3 is 1. The first-order chi connectivity index (χ1) is 10.0. The van der Waals surface area contributed by atoms with Gasteiger partial charge in [-0.25, -0.2) is 0 Å². The molecule has 1 rings (SSSR count). The average molecular weight is 404 g/mol. The molecule has 0 aliphatic heterocycles. The van der Waals surface area contributed by atoms with E-state index in [1.54, 1.807) is 7.11 Å². The van der Waals surface area contributed by atoms with Crippen LogP contribution in [-0.2, 0) is 9.53 Å². The number of ether oxygens (including phenoxy) is 1. The van der Waals surface area contributed by atoms with Gasteiger partial charge in [0.25, 0.3) is 0 Å². The van der Waals surface area contributed by atoms with Gasteiger partial charge in [-0.15, -0.1) is 0 Å². The fourth-order valence-electron chi connectivity index (χ4n) is 3.08. The Morgan fingerprint density at radius 3 is 2.29 bits per heavy atom. The van der Waals surface area contributed by atoms with Crippen LogP contribution >= 0.6 is 22.6 Å². The van der Waals surface area contributed by atoms with Crippen LogP contribution in [0.25, 0.3) is 0 Å². The molecule has 1 aliphatic carbocycles. The molecular weight excluding hydrogens is 375 g/mol. The van der Waals surface area contributed by atoms with Crippen LogP contribution in [0.3, 0.4) is 0 Å². The number of hydrogen-bond acceptors (Lipinski definition) is 2. The van der Waals surface area contributed by atoms with Crippen LogP contribution in [0.4, 0.5) is 0 Å². The summed E-state index contributed by atoms with van der Waals surface area (Å²) in [5.74, 6) is 0.320. The smallest absolute Gasteiger partial charge is 0.162 e. The lowest BCUT2D eigenvalue weighted by Crippen LogP contribution is -2.41. The van der Waals surface area contributed by atoms with E-state index in [4.69, 9.17) is 4.74 Å². The van der Waals surface area contributed by atoms with E-state index in [1.165, 1.54) is 25.7 Å². The molecule has 0 bridgehead atoms. The Morgan fingerprint density at radius 1 is 1.19 bits per heavy atom. The normalized spacial score (nSPS) is 18.3. The summed E-state index contributed by atoms with van der Waals surface area (Å²) in [6.07, 6.45) is 11.3. The zero-order valence-electron chi connectivity index (χ0n) is 13.9. The number of hydrogen-bond donors (Lipinski definition) is 0. The molecule has 0 aromatic heterocycles. The zero-order valence-corrected chi connectivity index (χ0v) is 16.0. The van der Waals surface area contributed by atoms with Crippen LogP contribution in [0.15, 0.2) is 23.3 Å². The van der Waals surface area contributed by atoms with Gasteiger partial charge in [-0.1, -0.05) is 84.9 Å². The largest absolute Gasteiger partial charge is 0.383 e. The van der Waals surface area contributed by atoms with E-state index in [2.05, 4.69) is 55.5 Å². The van der Waals surface area contributed by atoms with Gasteiger partial charge in [-0.2, -0.15) is 0 Å². The molecule has 1 aliphatic rings. The van der Waals surface area contributed by atoms with Gasteiger partial charge in [-0.05, 0) is 20.3 Å². The van der Waals surface area contributed by atoms with Gasteiger partial charge in [0.15, 0.2) is 5.78 Å². The summed E-state index contributed by atoms with van der Waals surface area (Å²) in [7, 11) is 1.68. The van der Waals surface area contributed by atoms with Gasteiger partial charge in [-0.3, -0.25) is 4.79 Å². The highest BCUT2D eigenvalue weighted by Crippen LogP contribution is 2.43. The Balaban J connectivity index is 2.66. The van der Waals surface area contributed by atoms with Gasteiger partial charge >= 0.3 is 0 Å². The minimum absolute atomic E-state index is 0.0733. The van der Waals surface area contributed by atoms with Crippen molar-refractivity contribution >= 4 is 28.4 Å². The minimum atomic E-state index is -0.510. The monoisotopic (exact) mass is 404 g/mol. The van der Waals surface area contributed by atoms with E-state index < -0.39 is 5.41 Å². The van der Waals surface area contributed by atoms with E-state index in [0.717, 1.165) is 24.0 Å². The molecule has 0 saturated heterocycles. The zero-order chi connectivity index (χ0) is 15.9. The number of rotatable bonds is 10. The highest BCUT2D eigenvalue weighted by Gasteiger charge is 2.45.